The van der Waals surface area contributed by atoms with Gasteiger partial charge in [0.05, 0.1) is 13.1 Å². The largest absolute Gasteiger partial charge is 0.346 e. The van der Waals surface area contributed by atoms with Crippen molar-refractivity contribution < 1.29 is 9.69 Å². The number of rotatable bonds is 3. The van der Waals surface area contributed by atoms with Crippen molar-refractivity contribution in [1.82, 2.24) is 5.32 Å². The molecule has 0 spiro atoms. The van der Waals surface area contributed by atoms with Crippen molar-refractivity contribution in [2.45, 2.75) is 6.54 Å². The van der Waals surface area contributed by atoms with Crippen molar-refractivity contribution in [2.75, 3.05) is 19.6 Å². The summed E-state index contributed by atoms with van der Waals surface area (Å²) in [5.41, 5.74) is 3.76. The molecule has 1 aliphatic rings. The van der Waals surface area contributed by atoms with E-state index in [-0.39, 0.29) is 5.91 Å². The number of amides is 1. The lowest BCUT2D eigenvalue weighted by atomic mass is 10.0. The van der Waals surface area contributed by atoms with Crippen LogP contribution in [0.25, 0.3) is 11.1 Å². The maximum Gasteiger partial charge on any atom is 0.275 e. The Bertz CT molecular complexity index is 578. The summed E-state index contributed by atoms with van der Waals surface area (Å²) >= 11 is 0. The van der Waals surface area contributed by atoms with E-state index in [4.69, 9.17) is 0 Å². The van der Waals surface area contributed by atoms with Gasteiger partial charge in [-0.1, -0.05) is 54.6 Å². The van der Waals surface area contributed by atoms with E-state index in [2.05, 4.69) is 53.8 Å². The monoisotopic (exact) mass is 267 g/mol. The van der Waals surface area contributed by atoms with Gasteiger partial charge < -0.3 is 10.2 Å². The Hall–Kier alpha value is -2.13. The lowest BCUT2D eigenvalue weighted by molar-refractivity contribution is -0.907. The molecule has 1 saturated heterocycles. The molecule has 1 unspecified atom stereocenters. The van der Waals surface area contributed by atoms with Gasteiger partial charge in [-0.3, -0.25) is 4.79 Å². The van der Waals surface area contributed by atoms with E-state index in [1.807, 2.05) is 6.07 Å². The number of hydrogen-bond acceptors (Lipinski definition) is 1. The van der Waals surface area contributed by atoms with Crippen LogP contribution in [0.15, 0.2) is 54.6 Å². The molecule has 0 aliphatic carbocycles. The fourth-order valence-corrected chi connectivity index (χ4v) is 2.64. The molecular weight excluding hydrogens is 248 g/mol. The maximum atomic E-state index is 11.4. The summed E-state index contributed by atoms with van der Waals surface area (Å²) in [6.07, 6.45) is 0. The summed E-state index contributed by atoms with van der Waals surface area (Å²) in [5.74, 6) is 0.159. The Balaban J connectivity index is 1.69. The van der Waals surface area contributed by atoms with Gasteiger partial charge in [-0.2, -0.15) is 0 Å². The molecule has 1 amide bonds. The lowest BCUT2D eigenvalue weighted by Gasteiger charge is -2.23. The van der Waals surface area contributed by atoms with Crippen molar-refractivity contribution >= 4 is 5.91 Å². The number of hydrogen-bond donors (Lipinski definition) is 2. The van der Waals surface area contributed by atoms with E-state index in [9.17, 15) is 4.79 Å². The van der Waals surface area contributed by atoms with Crippen LogP contribution in [-0.4, -0.2) is 25.5 Å². The van der Waals surface area contributed by atoms with Crippen LogP contribution in [0.4, 0.5) is 0 Å². The van der Waals surface area contributed by atoms with Crippen molar-refractivity contribution in [2.24, 2.45) is 0 Å². The maximum absolute atomic E-state index is 11.4. The van der Waals surface area contributed by atoms with E-state index >= 15 is 0 Å². The molecule has 0 aromatic heterocycles. The lowest BCUT2D eigenvalue weighted by Crippen LogP contribution is -3.14. The number of nitrogens with one attached hydrogen (secondary N) is 2. The van der Waals surface area contributed by atoms with Crippen LogP contribution in [0.2, 0.25) is 0 Å². The molecule has 3 nitrogen and oxygen atoms in total. The third kappa shape index (κ3) is 3.06. The minimum Gasteiger partial charge on any atom is -0.346 e. The van der Waals surface area contributed by atoms with E-state index < -0.39 is 0 Å². The highest BCUT2D eigenvalue weighted by Gasteiger charge is 2.19. The summed E-state index contributed by atoms with van der Waals surface area (Å²) in [6, 6.07) is 19.0. The van der Waals surface area contributed by atoms with E-state index in [1.54, 1.807) is 0 Å². The van der Waals surface area contributed by atoms with Crippen molar-refractivity contribution in [3.05, 3.63) is 60.2 Å². The molecule has 2 N–H and O–H groups in total. The summed E-state index contributed by atoms with van der Waals surface area (Å²) in [6.45, 7) is 3.30. The molecule has 2 aromatic rings. The molecule has 20 heavy (non-hydrogen) atoms. The smallest absolute Gasteiger partial charge is 0.275 e. The van der Waals surface area contributed by atoms with Gasteiger partial charge in [0, 0.05) is 5.56 Å². The molecule has 3 rings (SSSR count). The highest BCUT2D eigenvalue weighted by Crippen LogP contribution is 2.18. The zero-order valence-corrected chi connectivity index (χ0v) is 11.4. The van der Waals surface area contributed by atoms with Crippen LogP contribution < -0.4 is 10.2 Å². The normalized spacial score (nSPS) is 18.6. The highest BCUT2D eigenvalue weighted by atomic mass is 16.2. The number of piperazine rings is 1. The zero-order valence-electron chi connectivity index (χ0n) is 11.4. The van der Waals surface area contributed by atoms with Crippen molar-refractivity contribution in [1.29, 1.82) is 0 Å². The fraction of sp³-hybridized carbons (Fsp3) is 0.235. The first-order chi connectivity index (χ1) is 9.81. The molecule has 3 heteroatoms. The molecular formula is C17H19N2O+. The first-order valence-corrected chi connectivity index (χ1v) is 7.06. The van der Waals surface area contributed by atoms with E-state index in [0.29, 0.717) is 6.54 Å². The average Bonchev–Trinajstić information content (AvgIpc) is 2.49. The molecule has 0 saturated carbocycles. The summed E-state index contributed by atoms with van der Waals surface area (Å²) < 4.78 is 0. The summed E-state index contributed by atoms with van der Waals surface area (Å²) in [5, 5.41) is 2.87. The van der Waals surface area contributed by atoms with Crippen LogP contribution in [0.1, 0.15) is 5.56 Å². The number of quaternary nitrogens is 1. The second-order valence-corrected chi connectivity index (χ2v) is 5.27. The van der Waals surface area contributed by atoms with Crippen LogP contribution >= 0.6 is 0 Å². The van der Waals surface area contributed by atoms with Gasteiger partial charge in [-0.25, -0.2) is 0 Å². The van der Waals surface area contributed by atoms with Gasteiger partial charge in [0.1, 0.15) is 6.54 Å². The standard InChI is InChI=1S/C17H18N2O/c20-17-13-19(11-10-18-17)12-14-6-8-16(9-7-14)15-4-2-1-3-5-15/h1-9H,10-13H2,(H,18,20)/p+1. The fourth-order valence-electron chi connectivity index (χ4n) is 2.64. The van der Waals surface area contributed by atoms with E-state index in [1.165, 1.54) is 21.6 Å². The highest BCUT2D eigenvalue weighted by molar-refractivity contribution is 5.77. The first kappa shape index (κ1) is 12.9. The Kier molecular flexibility index (Phi) is 3.79. The molecule has 1 atom stereocenters. The van der Waals surface area contributed by atoms with Crippen molar-refractivity contribution in [3.8, 4) is 11.1 Å². The predicted octanol–water partition coefficient (Wildman–Crippen LogP) is 0.868. The van der Waals surface area contributed by atoms with Crippen LogP contribution in [0.5, 0.6) is 0 Å². The second kappa shape index (κ2) is 5.88. The SMILES string of the molecule is O=C1C[NH+](Cc2ccc(-c3ccccc3)cc2)CCN1. The Labute approximate surface area is 119 Å². The Morgan fingerprint density at radius 1 is 0.950 bits per heavy atom. The minimum absolute atomic E-state index is 0.159. The Morgan fingerprint density at radius 2 is 1.65 bits per heavy atom. The third-order valence-electron chi connectivity index (χ3n) is 3.73. The molecule has 0 radical (unpaired) electrons. The quantitative estimate of drug-likeness (QED) is 0.850. The first-order valence-electron chi connectivity index (χ1n) is 7.06. The minimum atomic E-state index is 0.159. The van der Waals surface area contributed by atoms with Crippen LogP contribution in [0.3, 0.4) is 0 Å². The van der Waals surface area contributed by atoms with Gasteiger partial charge in [-0.05, 0) is 11.1 Å². The average molecular weight is 267 g/mol. The van der Waals surface area contributed by atoms with Gasteiger partial charge in [0.15, 0.2) is 6.54 Å². The summed E-state index contributed by atoms with van der Waals surface area (Å²) in [4.78, 5) is 12.7. The van der Waals surface area contributed by atoms with Crippen LogP contribution in [-0.2, 0) is 11.3 Å². The summed E-state index contributed by atoms with van der Waals surface area (Å²) in [7, 11) is 0. The van der Waals surface area contributed by atoms with Crippen LogP contribution in [0, 0.1) is 0 Å². The molecule has 2 aromatic carbocycles. The molecule has 0 bridgehead atoms. The Morgan fingerprint density at radius 3 is 2.35 bits per heavy atom. The zero-order chi connectivity index (χ0) is 13.8. The number of benzene rings is 2. The second-order valence-electron chi connectivity index (χ2n) is 5.27. The molecule has 1 heterocycles. The van der Waals surface area contributed by atoms with Crippen molar-refractivity contribution in [3.63, 3.8) is 0 Å². The topological polar surface area (TPSA) is 33.5 Å². The molecule has 102 valence electrons. The van der Waals surface area contributed by atoms with Gasteiger partial charge >= 0.3 is 0 Å². The number of carbonyl (C=O) groups excluding carboxylic acids is 1. The van der Waals surface area contributed by atoms with Gasteiger partial charge in [0.2, 0.25) is 0 Å². The predicted molar refractivity (Wildman–Crippen MR) is 79.3 cm³/mol. The van der Waals surface area contributed by atoms with Gasteiger partial charge in [-0.15, -0.1) is 0 Å². The van der Waals surface area contributed by atoms with E-state index in [0.717, 1.165) is 19.6 Å². The third-order valence-corrected chi connectivity index (χ3v) is 3.73. The molecule has 1 aliphatic heterocycles. The molecule has 1 fully saturated rings. The number of carbonyl (C=O) groups is 1. The van der Waals surface area contributed by atoms with Gasteiger partial charge in [0.25, 0.3) is 5.91 Å².